The van der Waals surface area contributed by atoms with Gasteiger partial charge in [0.05, 0.1) is 11.0 Å². The Hall–Kier alpha value is -1.45. The van der Waals surface area contributed by atoms with Crippen molar-refractivity contribution in [1.29, 1.82) is 0 Å². The summed E-state index contributed by atoms with van der Waals surface area (Å²) >= 11 is 0. The molecule has 13 heavy (non-hydrogen) atoms. The predicted molar refractivity (Wildman–Crippen MR) is 45.0 cm³/mol. The van der Waals surface area contributed by atoms with Crippen molar-refractivity contribution < 1.29 is 9.31 Å². The maximum atomic E-state index is 12.7. The van der Waals surface area contributed by atoms with E-state index in [2.05, 4.69) is 0 Å². The van der Waals surface area contributed by atoms with Gasteiger partial charge in [-0.15, -0.1) is 0 Å². The van der Waals surface area contributed by atoms with Gasteiger partial charge >= 0.3 is 0 Å². The highest BCUT2D eigenvalue weighted by atomic mass is 19.1. The zero-order valence-corrected chi connectivity index (χ0v) is 6.87. The minimum atomic E-state index is -0.545. The summed E-state index contributed by atoms with van der Waals surface area (Å²) in [6, 6.07) is 3.79. The Bertz CT molecular complexity index is 361. The second kappa shape index (κ2) is 2.80. The average Bonchev–Trinajstić information content (AvgIpc) is 2.87. The van der Waals surface area contributed by atoms with Crippen LogP contribution < -0.4 is 0 Å². The lowest BCUT2D eigenvalue weighted by atomic mass is 10.1. The van der Waals surface area contributed by atoms with Crippen LogP contribution in [0.4, 0.5) is 10.1 Å². The van der Waals surface area contributed by atoms with Crippen molar-refractivity contribution in [1.82, 2.24) is 0 Å². The molecule has 1 aliphatic carbocycles. The van der Waals surface area contributed by atoms with Crippen LogP contribution in [0.1, 0.15) is 24.3 Å². The summed E-state index contributed by atoms with van der Waals surface area (Å²) in [6.07, 6.45) is 1.96. The number of nitro groups is 1. The number of halogens is 1. The Morgan fingerprint density at radius 1 is 1.46 bits per heavy atom. The molecule has 0 atom stereocenters. The van der Waals surface area contributed by atoms with E-state index < -0.39 is 10.7 Å². The maximum absolute atomic E-state index is 12.7. The van der Waals surface area contributed by atoms with Gasteiger partial charge in [0.2, 0.25) is 0 Å². The molecule has 0 heterocycles. The fourth-order valence-electron chi connectivity index (χ4n) is 1.41. The molecule has 0 amide bonds. The lowest BCUT2D eigenvalue weighted by Gasteiger charge is -1.99. The Balaban J connectivity index is 2.47. The minimum absolute atomic E-state index is 0.0810. The number of hydrogen-bond acceptors (Lipinski definition) is 2. The van der Waals surface area contributed by atoms with Gasteiger partial charge in [0, 0.05) is 5.56 Å². The molecule has 1 fully saturated rings. The zero-order chi connectivity index (χ0) is 9.42. The molecular weight excluding hydrogens is 173 g/mol. The zero-order valence-electron chi connectivity index (χ0n) is 6.87. The number of nitrogens with zero attached hydrogens (tertiary/aromatic N) is 1. The molecule has 2 rings (SSSR count). The third-order valence-corrected chi connectivity index (χ3v) is 2.21. The summed E-state index contributed by atoms with van der Waals surface area (Å²) < 4.78 is 12.7. The van der Waals surface area contributed by atoms with Crippen molar-refractivity contribution in [3.05, 3.63) is 39.7 Å². The topological polar surface area (TPSA) is 43.1 Å². The summed E-state index contributed by atoms with van der Waals surface area (Å²) in [4.78, 5) is 10.0. The number of hydrogen-bond donors (Lipinski definition) is 0. The molecule has 1 aromatic rings. The molecule has 0 bridgehead atoms. The normalized spacial score (nSPS) is 15.8. The Kier molecular flexibility index (Phi) is 1.76. The van der Waals surface area contributed by atoms with Crippen LogP contribution in [0.15, 0.2) is 18.2 Å². The fraction of sp³-hybridized carbons (Fsp3) is 0.333. The van der Waals surface area contributed by atoms with Gasteiger partial charge < -0.3 is 0 Å². The van der Waals surface area contributed by atoms with E-state index in [1.54, 1.807) is 0 Å². The van der Waals surface area contributed by atoms with Crippen LogP contribution in [0.2, 0.25) is 0 Å². The van der Waals surface area contributed by atoms with Gasteiger partial charge in [-0.1, -0.05) is 0 Å². The first-order valence-electron chi connectivity index (χ1n) is 4.12. The van der Waals surface area contributed by atoms with Crippen LogP contribution in [0.25, 0.3) is 0 Å². The van der Waals surface area contributed by atoms with E-state index in [1.807, 2.05) is 0 Å². The van der Waals surface area contributed by atoms with E-state index in [4.69, 9.17) is 0 Å². The Morgan fingerprint density at radius 2 is 2.15 bits per heavy atom. The molecule has 0 N–H and O–H groups in total. The predicted octanol–water partition coefficient (Wildman–Crippen LogP) is 2.61. The van der Waals surface area contributed by atoms with Gasteiger partial charge in [-0.25, -0.2) is 4.39 Å². The lowest BCUT2D eigenvalue weighted by molar-refractivity contribution is -0.385. The molecular formula is C9H8FNO2. The molecule has 0 unspecified atom stereocenters. The maximum Gasteiger partial charge on any atom is 0.275 e. The highest BCUT2D eigenvalue weighted by Gasteiger charge is 2.30. The molecule has 0 aliphatic heterocycles. The second-order valence-electron chi connectivity index (χ2n) is 3.23. The van der Waals surface area contributed by atoms with Crippen LogP contribution >= 0.6 is 0 Å². The van der Waals surface area contributed by atoms with Crippen LogP contribution in [0.3, 0.4) is 0 Å². The molecule has 0 radical (unpaired) electrons. The van der Waals surface area contributed by atoms with Gasteiger partial charge in [-0.05, 0) is 30.9 Å². The van der Waals surface area contributed by atoms with E-state index in [9.17, 15) is 14.5 Å². The monoisotopic (exact) mass is 181 g/mol. The summed E-state index contributed by atoms with van der Waals surface area (Å²) in [5.41, 5.74) is 0.592. The van der Waals surface area contributed by atoms with Crippen LogP contribution in [0.5, 0.6) is 0 Å². The van der Waals surface area contributed by atoms with Crippen LogP contribution in [-0.4, -0.2) is 4.92 Å². The first-order chi connectivity index (χ1) is 6.18. The van der Waals surface area contributed by atoms with Gasteiger partial charge in [-0.3, -0.25) is 10.1 Å². The Morgan fingerprint density at radius 3 is 2.69 bits per heavy atom. The smallest absolute Gasteiger partial charge is 0.258 e. The molecule has 0 spiro atoms. The molecule has 68 valence electrons. The summed E-state index contributed by atoms with van der Waals surface area (Å²) in [5, 5.41) is 10.5. The molecule has 3 nitrogen and oxygen atoms in total. The van der Waals surface area contributed by atoms with Crippen LogP contribution in [-0.2, 0) is 0 Å². The van der Waals surface area contributed by atoms with E-state index >= 15 is 0 Å². The average molecular weight is 181 g/mol. The van der Waals surface area contributed by atoms with Crippen molar-refractivity contribution in [2.75, 3.05) is 0 Å². The van der Waals surface area contributed by atoms with Crippen LogP contribution in [0, 0.1) is 15.9 Å². The highest BCUT2D eigenvalue weighted by Crippen LogP contribution is 2.44. The highest BCUT2D eigenvalue weighted by molar-refractivity contribution is 5.44. The van der Waals surface area contributed by atoms with E-state index in [0.29, 0.717) is 5.56 Å². The van der Waals surface area contributed by atoms with Crippen molar-refractivity contribution in [2.24, 2.45) is 0 Å². The lowest BCUT2D eigenvalue weighted by Crippen LogP contribution is -1.94. The van der Waals surface area contributed by atoms with E-state index in [1.165, 1.54) is 12.1 Å². The summed E-state index contributed by atoms with van der Waals surface area (Å²) in [5.74, 6) is -0.267. The summed E-state index contributed by atoms with van der Waals surface area (Å²) in [7, 11) is 0. The fourth-order valence-corrected chi connectivity index (χ4v) is 1.41. The number of nitro benzene ring substituents is 1. The molecule has 0 saturated heterocycles. The number of benzene rings is 1. The molecule has 1 aromatic carbocycles. The van der Waals surface area contributed by atoms with Gasteiger partial charge in [-0.2, -0.15) is 0 Å². The van der Waals surface area contributed by atoms with Gasteiger partial charge in [0.1, 0.15) is 5.82 Å². The van der Waals surface area contributed by atoms with Crippen molar-refractivity contribution in [3.63, 3.8) is 0 Å². The first-order valence-corrected chi connectivity index (χ1v) is 4.12. The largest absolute Gasteiger partial charge is 0.275 e. The molecule has 1 saturated carbocycles. The summed E-state index contributed by atoms with van der Waals surface area (Å²) in [6.45, 7) is 0. The molecule has 4 heteroatoms. The van der Waals surface area contributed by atoms with Gasteiger partial charge in [0.25, 0.3) is 5.69 Å². The molecule has 0 aromatic heterocycles. The Labute approximate surface area is 74.3 Å². The quantitative estimate of drug-likeness (QED) is 0.519. The van der Waals surface area contributed by atoms with E-state index in [0.717, 1.165) is 18.9 Å². The van der Waals surface area contributed by atoms with E-state index in [-0.39, 0.29) is 11.6 Å². The third kappa shape index (κ3) is 1.52. The second-order valence-corrected chi connectivity index (χ2v) is 3.23. The first kappa shape index (κ1) is 8.16. The van der Waals surface area contributed by atoms with Gasteiger partial charge in [0.15, 0.2) is 0 Å². The van der Waals surface area contributed by atoms with Crippen molar-refractivity contribution in [3.8, 4) is 0 Å². The third-order valence-electron chi connectivity index (χ3n) is 2.21. The standard InChI is InChI=1S/C9H8FNO2/c10-7-3-4-8(6-1-2-6)9(5-7)11(12)13/h3-6H,1-2H2. The van der Waals surface area contributed by atoms with Crippen molar-refractivity contribution in [2.45, 2.75) is 18.8 Å². The minimum Gasteiger partial charge on any atom is -0.258 e. The SMILES string of the molecule is O=[N+]([O-])c1cc(F)ccc1C1CC1. The van der Waals surface area contributed by atoms with Crippen molar-refractivity contribution >= 4 is 5.69 Å². The molecule has 1 aliphatic rings. The number of rotatable bonds is 2.